The van der Waals surface area contributed by atoms with Crippen LogP contribution in [0.25, 0.3) is 0 Å². The van der Waals surface area contributed by atoms with Gasteiger partial charge in [-0.1, -0.05) is 43.4 Å². The summed E-state index contributed by atoms with van der Waals surface area (Å²) < 4.78 is 5.16. The van der Waals surface area contributed by atoms with Crippen molar-refractivity contribution in [2.24, 2.45) is 5.41 Å². The summed E-state index contributed by atoms with van der Waals surface area (Å²) in [4.78, 5) is 0. The predicted molar refractivity (Wildman–Crippen MR) is 80.2 cm³/mol. The molecule has 0 heterocycles. The van der Waals surface area contributed by atoms with Gasteiger partial charge in [0.25, 0.3) is 0 Å². The molecule has 18 heavy (non-hydrogen) atoms. The number of ether oxygens (including phenoxy) is 1. The zero-order chi connectivity index (χ0) is 12.8. The maximum absolute atomic E-state index is 5.16. The van der Waals surface area contributed by atoms with Crippen molar-refractivity contribution >= 4 is 11.8 Å². The van der Waals surface area contributed by atoms with Crippen LogP contribution in [0.1, 0.15) is 18.9 Å². The molecular formula is C16H20OS. The van der Waals surface area contributed by atoms with Crippen LogP contribution < -0.4 is 4.74 Å². The van der Waals surface area contributed by atoms with Crippen LogP contribution in [0.2, 0.25) is 0 Å². The van der Waals surface area contributed by atoms with E-state index in [0.717, 1.165) is 17.9 Å². The number of hydrogen-bond acceptors (Lipinski definition) is 2. The second-order valence-corrected chi connectivity index (χ2v) is 5.97. The summed E-state index contributed by atoms with van der Waals surface area (Å²) in [5.74, 6) is 3.16. The molecule has 96 valence electrons. The number of hydrogen-bond donors (Lipinski definition) is 0. The molecule has 1 nitrogen and oxygen atoms in total. The first-order valence-electron chi connectivity index (χ1n) is 6.27. The van der Waals surface area contributed by atoms with E-state index in [2.05, 4.69) is 43.4 Å². The monoisotopic (exact) mass is 260 g/mol. The highest BCUT2D eigenvalue weighted by molar-refractivity contribution is 7.98. The maximum Gasteiger partial charge on any atom is 0.118 e. The zero-order valence-electron chi connectivity index (χ0n) is 11.1. The minimum Gasteiger partial charge on any atom is -0.497 e. The Balaban J connectivity index is 1.81. The smallest absolute Gasteiger partial charge is 0.118 e. The van der Waals surface area contributed by atoms with Gasteiger partial charge in [-0.2, -0.15) is 11.8 Å². The quantitative estimate of drug-likeness (QED) is 0.773. The van der Waals surface area contributed by atoms with E-state index in [-0.39, 0.29) is 0 Å². The third-order valence-corrected chi connectivity index (χ3v) is 4.59. The summed E-state index contributed by atoms with van der Waals surface area (Å²) >= 11 is 2.00. The summed E-state index contributed by atoms with van der Waals surface area (Å²) in [6.45, 7) is 2.33. The summed E-state index contributed by atoms with van der Waals surface area (Å²) in [7, 11) is 1.70. The van der Waals surface area contributed by atoms with Crippen LogP contribution in [-0.2, 0) is 5.75 Å². The second-order valence-electron chi connectivity index (χ2n) is 4.99. The van der Waals surface area contributed by atoms with Gasteiger partial charge in [0.1, 0.15) is 5.75 Å². The molecule has 0 N–H and O–H groups in total. The first-order chi connectivity index (χ1) is 8.72. The van der Waals surface area contributed by atoms with Gasteiger partial charge >= 0.3 is 0 Å². The topological polar surface area (TPSA) is 9.23 Å². The lowest BCUT2D eigenvalue weighted by Gasteiger charge is -2.25. The van der Waals surface area contributed by atoms with Gasteiger partial charge < -0.3 is 4.74 Å². The highest BCUT2D eigenvalue weighted by Gasteiger charge is 2.20. The summed E-state index contributed by atoms with van der Waals surface area (Å²) in [6.07, 6.45) is 10.0. The molecule has 0 aliphatic heterocycles. The van der Waals surface area contributed by atoms with Crippen molar-refractivity contribution in [3.63, 3.8) is 0 Å². The number of methoxy groups -OCH3 is 1. The molecule has 0 spiro atoms. The standard InChI is InChI=1S/C16H20OS/c1-16(10-4-3-5-11-16)13-18-12-14-6-8-15(17-2)9-7-14/h3-10H,11-13H2,1-2H3. The molecule has 1 aliphatic rings. The molecule has 0 bridgehead atoms. The SMILES string of the molecule is COc1ccc(CSCC2(C)C=CC=CC2)cc1. The Labute approximate surface area is 114 Å². The van der Waals surface area contributed by atoms with E-state index in [4.69, 9.17) is 4.74 Å². The Morgan fingerprint density at radius 2 is 2.00 bits per heavy atom. The van der Waals surface area contributed by atoms with Gasteiger partial charge in [0.05, 0.1) is 7.11 Å². The molecule has 2 heteroatoms. The molecule has 0 saturated carbocycles. The van der Waals surface area contributed by atoms with Crippen LogP contribution in [0.3, 0.4) is 0 Å². The van der Waals surface area contributed by atoms with E-state index in [9.17, 15) is 0 Å². The van der Waals surface area contributed by atoms with E-state index in [1.165, 1.54) is 11.3 Å². The van der Waals surface area contributed by atoms with Crippen molar-refractivity contribution in [3.05, 3.63) is 54.1 Å². The van der Waals surface area contributed by atoms with Crippen molar-refractivity contribution in [2.75, 3.05) is 12.9 Å². The van der Waals surface area contributed by atoms with Crippen LogP contribution in [0.15, 0.2) is 48.6 Å². The molecule has 0 fully saturated rings. The van der Waals surface area contributed by atoms with Crippen molar-refractivity contribution in [1.82, 2.24) is 0 Å². The highest BCUT2D eigenvalue weighted by Crippen LogP contribution is 2.32. The Hall–Kier alpha value is -1.15. The Bertz CT molecular complexity index is 433. The predicted octanol–water partition coefficient (Wildman–Crippen LogP) is 4.45. The average molecular weight is 260 g/mol. The molecule has 0 amide bonds. The van der Waals surface area contributed by atoms with Crippen molar-refractivity contribution in [1.29, 1.82) is 0 Å². The maximum atomic E-state index is 5.16. The van der Waals surface area contributed by atoms with Crippen molar-refractivity contribution in [2.45, 2.75) is 19.1 Å². The van der Waals surface area contributed by atoms with E-state index in [0.29, 0.717) is 5.41 Å². The first kappa shape index (κ1) is 13.3. The van der Waals surface area contributed by atoms with Crippen LogP contribution in [0.5, 0.6) is 5.75 Å². The van der Waals surface area contributed by atoms with Gasteiger partial charge in [-0.15, -0.1) is 0 Å². The lowest BCUT2D eigenvalue weighted by molar-refractivity contribution is 0.414. The molecule has 1 aromatic carbocycles. The average Bonchev–Trinajstić information content (AvgIpc) is 2.40. The van der Waals surface area contributed by atoms with Gasteiger partial charge in [0.2, 0.25) is 0 Å². The van der Waals surface area contributed by atoms with Gasteiger partial charge in [0, 0.05) is 11.5 Å². The number of allylic oxidation sites excluding steroid dienone is 4. The fraction of sp³-hybridized carbons (Fsp3) is 0.375. The molecule has 1 atom stereocenters. The fourth-order valence-corrected chi connectivity index (χ4v) is 3.21. The molecule has 0 saturated heterocycles. The minimum atomic E-state index is 0.325. The molecule has 1 unspecified atom stereocenters. The van der Waals surface area contributed by atoms with Crippen molar-refractivity contribution in [3.8, 4) is 5.75 Å². The van der Waals surface area contributed by atoms with E-state index in [1.807, 2.05) is 23.9 Å². The number of thioether (sulfide) groups is 1. The highest BCUT2D eigenvalue weighted by atomic mass is 32.2. The molecule has 0 radical (unpaired) electrons. The normalized spacial score (nSPS) is 22.1. The first-order valence-corrected chi connectivity index (χ1v) is 7.42. The third-order valence-electron chi connectivity index (χ3n) is 3.19. The van der Waals surface area contributed by atoms with Gasteiger partial charge in [-0.25, -0.2) is 0 Å². The van der Waals surface area contributed by atoms with E-state index in [1.54, 1.807) is 7.11 Å². The number of benzene rings is 1. The van der Waals surface area contributed by atoms with Crippen LogP contribution in [0.4, 0.5) is 0 Å². The largest absolute Gasteiger partial charge is 0.497 e. The summed E-state index contributed by atoms with van der Waals surface area (Å²) in [5, 5.41) is 0. The Kier molecular flexibility index (Phi) is 4.54. The summed E-state index contributed by atoms with van der Waals surface area (Å²) in [5.41, 5.74) is 1.69. The van der Waals surface area contributed by atoms with E-state index >= 15 is 0 Å². The molecule has 1 aliphatic carbocycles. The Morgan fingerprint density at radius 1 is 1.22 bits per heavy atom. The lowest BCUT2D eigenvalue weighted by atomic mass is 9.86. The zero-order valence-corrected chi connectivity index (χ0v) is 11.9. The molecule has 0 aromatic heterocycles. The minimum absolute atomic E-state index is 0.325. The molecule has 2 rings (SSSR count). The van der Waals surface area contributed by atoms with Gasteiger partial charge in [-0.3, -0.25) is 0 Å². The Morgan fingerprint density at radius 3 is 2.61 bits per heavy atom. The third kappa shape index (κ3) is 3.67. The molecular weight excluding hydrogens is 240 g/mol. The summed E-state index contributed by atoms with van der Waals surface area (Å²) in [6, 6.07) is 8.34. The van der Waals surface area contributed by atoms with E-state index < -0.39 is 0 Å². The number of rotatable bonds is 5. The van der Waals surface area contributed by atoms with Crippen LogP contribution in [0, 0.1) is 5.41 Å². The van der Waals surface area contributed by atoms with Crippen LogP contribution >= 0.6 is 11.8 Å². The van der Waals surface area contributed by atoms with Gasteiger partial charge in [-0.05, 0) is 29.5 Å². The van der Waals surface area contributed by atoms with Crippen LogP contribution in [-0.4, -0.2) is 12.9 Å². The fourth-order valence-electron chi connectivity index (χ4n) is 2.00. The molecule has 1 aromatic rings. The second kappa shape index (κ2) is 6.14. The van der Waals surface area contributed by atoms with Gasteiger partial charge in [0.15, 0.2) is 0 Å². The van der Waals surface area contributed by atoms with Crippen molar-refractivity contribution < 1.29 is 4.74 Å². The lowest BCUT2D eigenvalue weighted by Crippen LogP contribution is -2.17.